The van der Waals surface area contributed by atoms with Gasteiger partial charge in [-0.3, -0.25) is 0 Å². The summed E-state index contributed by atoms with van der Waals surface area (Å²) in [5.41, 5.74) is 0. The van der Waals surface area contributed by atoms with E-state index >= 15 is 0 Å². The highest BCUT2D eigenvalue weighted by Crippen LogP contribution is 2.26. The summed E-state index contributed by atoms with van der Waals surface area (Å²) in [6, 6.07) is 4.88. The van der Waals surface area contributed by atoms with E-state index in [1.165, 1.54) is 10.9 Å². The average Bonchev–Trinajstić information content (AvgIpc) is 2.46. The number of fused-ring (bicyclic) bond motifs is 1. The molecule has 0 N–H and O–H groups in total. The Morgan fingerprint density at radius 1 is 1.42 bits per heavy atom. The summed E-state index contributed by atoms with van der Waals surface area (Å²) >= 11 is 1.64. The van der Waals surface area contributed by atoms with Gasteiger partial charge in [0.2, 0.25) is 0 Å². The molecule has 0 spiro atoms. The second-order valence-electron chi connectivity index (χ2n) is 2.64. The summed E-state index contributed by atoms with van der Waals surface area (Å²) in [4.78, 5) is 1.23. The highest BCUT2D eigenvalue weighted by molar-refractivity contribution is 7.11. The number of hydrogen-bond acceptors (Lipinski definition) is 1. The lowest BCUT2D eigenvalue weighted by atomic mass is 10.1. The summed E-state index contributed by atoms with van der Waals surface area (Å²) in [5.74, 6) is -0.170. The maximum Gasteiger partial charge on any atom is 0.123 e. The lowest BCUT2D eigenvalue weighted by Crippen LogP contribution is -1.75. The third-order valence-corrected chi connectivity index (χ3v) is 2.95. The Balaban J connectivity index is 2.73. The van der Waals surface area contributed by atoms with E-state index in [1.54, 1.807) is 17.4 Å². The van der Waals surface area contributed by atoms with Gasteiger partial charge in [-0.15, -0.1) is 11.3 Å². The molecule has 0 aliphatic carbocycles. The molecule has 2 heteroatoms. The monoisotopic (exact) mass is 179 g/mol. The number of rotatable bonds is 1. The van der Waals surface area contributed by atoms with Crippen LogP contribution >= 0.6 is 11.3 Å². The molecule has 1 aromatic heterocycles. The summed E-state index contributed by atoms with van der Waals surface area (Å²) in [7, 11) is 0. The number of benzene rings is 1. The fourth-order valence-corrected chi connectivity index (χ4v) is 2.17. The minimum atomic E-state index is -0.170. The lowest BCUT2D eigenvalue weighted by molar-refractivity contribution is 0.630. The first-order valence-electron chi connectivity index (χ1n) is 3.76. The van der Waals surface area contributed by atoms with Gasteiger partial charge in [-0.1, -0.05) is 6.07 Å². The van der Waals surface area contributed by atoms with Crippen LogP contribution in [0.5, 0.6) is 0 Å². The Kier molecular flexibility index (Phi) is 1.85. The van der Waals surface area contributed by atoms with Gasteiger partial charge in [0.1, 0.15) is 5.82 Å². The molecule has 0 fully saturated rings. The Hall–Kier alpha value is -0.890. The maximum atomic E-state index is 12.7. The number of hydrogen-bond donors (Lipinski definition) is 0. The van der Waals surface area contributed by atoms with Gasteiger partial charge < -0.3 is 0 Å². The van der Waals surface area contributed by atoms with Gasteiger partial charge in [0, 0.05) is 4.88 Å². The predicted octanol–water partition coefficient (Wildman–Crippen LogP) is 3.42. The zero-order chi connectivity index (χ0) is 8.55. The van der Waals surface area contributed by atoms with Crippen molar-refractivity contribution in [2.24, 2.45) is 0 Å². The van der Waals surface area contributed by atoms with E-state index in [1.807, 2.05) is 11.4 Å². The zero-order valence-electron chi connectivity index (χ0n) is 6.51. The first kappa shape index (κ1) is 7.74. The lowest BCUT2D eigenvalue weighted by Gasteiger charge is -1.92. The van der Waals surface area contributed by atoms with Crippen LogP contribution in [0.4, 0.5) is 4.39 Å². The van der Waals surface area contributed by atoms with Crippen molar-refractivity contribution in [3.8, 4) is 0 Å². The molecule has 2 rings (SSSR count). The highest BCUT2D eigenvalue weighted by atomic mass is 32.1. The van der Waals surface area contributed by atoms with E-state index in [-0.39, 0.29) is 5.82 Å². The third-order valence-electron chi connectivity index (χ3n) is 1.87. The SMILES string of the molecule is [CH2]Cc1scc2cc(F)ccc12. The largest absolute Gasteiger partial charge is 0.207 e. The summed E-state index contributed by atoms with van der Waals surface area (Å²) < 4.78 is 12.7. The smallest absolute Gasteiger partial charge is 0.123 e. The minimum absolute atomic E-state index is 0.170. The topological polar surface area (TPSA) is 0 Å². The average molecular weight is 179 g/mol. The van der Waals surface area contributed by atoms with Crippen molar-refractivity contribution >= 4 is 22.1 Å². The van der Waals surface area contributed by atoms with Crippen LogP contribution < -0.4 is 0 Å². The summed E-state index contributed by atoms with van der Waals surface area (Å²) in [6.45, 7) is 3.82. The molecule has 61 valence electrons. The van der Waals surface area contributed by atoms with Crippen LogP contribution in [0.15, 0.2) is 23.6 Å². The van der Waals surface area contributed by atoms with Crippen LogP contribution in [-0.2, 0) is 6.42 Å². The second kappa shape index (κ2) is 2.87. The molecule has 1 heterocycles. The first-order chi connectivity index (χ1) is 5.81. The zero-order valence-corrected chi connectivity index (χ0v) is 7.33. The Morgan fingerprint density at radius 2 is 2.25 bits per heavy atom. The Morgan fingerprint density at radius 3 is 3.00 bits per heavy atom. The molecule has 0 nitrogen and oxygen atoms in total. The molecule has 0 atom stereocenters. The van der Waals surface area contributed by atoms with Gasteiger partial charge >= 0.3 is 0 Å². The van der Waals surface area contributed by atoms with Crippen molar-refractivity contribution in [2.75, 3.05) is 0 Å². The predicted molar refractivity (Wildman–Crippen MR) is 50.8 cm³/mol. The first-order valence-corrected chi connectivity index (χ1v) is 4.64. The van der Waals surface area contributed by atoms with Crippen molar-refractivity contribution in [2.45, 2.75) is 6.42 Å². The molecule has 0 bridgehead atoms. The van der Waals surface area contributed by atoms with Gasteiger partial charge in [-0.25, -0.2) is 4.39 Å². The summed E-state index contributed by atoms with van der Waals surface area (Å²) in [5, 5.41) is 4.09. The maximum absolute atomic E-state index is 12.7. The van der Waals surface area contributed by atoms with Gasteiger partial charge in [0.15, 0.2) is 0 Å². The third kappa shape index (κ3) is 1.12. The van der Waals surface area contributed by atoms with E-state index in [0.29, 0.717) is 0 Å². The minimum Gasteiger partial charge on any atom is -0.207 e. The summed E-state index contributed by atoms with van der Waals surface area (Å²) in [6.07, 6.45) is 0.778. The Labute approximate surface area is 74.6 Å². The van der Waals surface area contributed by atoms with Gasteiger partial charge in [-0.05, 0) is 41.6 Å². The van der Waals surface area contributed by atoms with Crippen LogP contribution in [0, 0.1) is 12.7 Å². The van der Waals surface area contributed by atoms with Crippen molar-refractivity contribution in [1.29, 1.82) is 0 Å². The fourth-order valence-electron chi connectivity index (χ4n) is 1.28. The van der Waals surface area contributed by atoms with Gasteiger partial charge in [-0.2, -0.15) is 0 Å². The van der Waals surface area contributed by atoms with Gasteiger partial charge in [0.25, 0.3) is 0 Å². The van der Waals surface area contributed by atoms with Crippen LogP contribution in [0.3, 0.4) is 0 Å². The molecule has 0 saturated carbocycles. The van der Waals surface area contributed by atoms with Crippen molar-refractivity contribution in [1.82, 2.24) is 0 Å². The second-order valence-corrected chi connectivity index (χ2v) is 3.60. The van der Waals surface area contributed by atoms with Crippen LogP contribution in [0.2, 0.25) is 0 Å². The molecule has 0 unspecified atom stereocenters. The van der Waals surface area contributed by atoms with Crippen LogP contribution in [-0.4, -0.2) is 0 Å². The molecule has 2 aromatic rings. The number of thiophene rings is 1. The fraction of sp³-hybridized carbons (Fsp3) is 0.100. The molecular formula is C10H8FS. The van der Waals surface area contributed by atoms with Crippen molar-refractivity contribution in [3.63, 3.8) is 0 Å². The van der Waals surface area contributed by atoms with Crippen molar-refractivity contribution < 1.29 is 4.39 Å². The van der Waals surface area contributed by atoms with Gasteiger partial charge in [0.05, 0.1) is 0 Å². The number of halogens is 1. The van der Waals surface area contributed by atoms with Crippen LogP contribution in [0.25, 0.3) is 10.8 Å². The van der Waals surface area contributed by atoms with E-state index in [2.05, 4.69) is 6.92 Å². The molecule has 1 aromatic carbocycles. The normalized spacial score (nSPS) is 10.8. The molecule has 0 aliphatic rings. The molecule has 0 amide bonds. The molecular weight excluding hydrogens is 171 g/mol. The highest BCUT2D eigenvalue weighted by Gasteiger charge is 2.02. The molecule has 0 aliphatic heterocycles. The van der Waals surface area contributed by atoms with E-state index in [4.69, 9.17) is 0 Å². The molecule has 1 radical (unpaired) electrons. The van der Waals surface area contributed by atoms with E-state index < -0.39 is 0 Å². The van der Waals surface area contributed by atoms with Crippen molar-refractivity contribution in [3.05, 3.63) is 41.2 Å². The standard InChI is InChI=1S/C10H8FS/c1-2-10-9-4-3-8(11)5-7(9)6-12-10/h3-6H,1-2H2. The quantitative estimate of drug-likeness (QED) is 0.629. The Bertz CT molecular complexity index is 403. The van der Waals surface area contributed by atoms with E-state index in [9.17, 15) is 4.39 Å². The molecule has 0 saturated heterocycles. The van der Waals surface area contributed by atoms with Crippen LogP contribution in [0.1, 0.15) is 4.88 Å². The van der Waals surface area contributed by atoms with E-state index in [0.717, 1.165) is 17.2 Å². The molecule has 12 heavy (non-hydrogen) atoms.